The van der Waals surface area contributed by atoms with Crippen molar-refractivity contribution in [2.24, 2.45) is 0 Å². The Hall–Kier alpha value is -1.28. The molecular weight excluding hydrogens is 228 g/mol. The minimum atomic E-state index is -1.62. The molecule has 2 heterocycles. The van der Waals surface area contributed by atoms with Gasteiger partial charge in [0.1, 0.15) is 17.8 Å². The average molecular weight is 242 g/mol. The Labute approximate surface area is 96.9 Å². The summed E-state index contributed by atoms with van der Waals surface area (Å²) in [5, 5.41) is 29.0. The lowest BCUT2D eigenvalue weighted by Crippen LogP contribution is -2.46. The summed E-state index contributed by atoms with van der Waals surface area (Å²) in [5.74, 6) is 0. The first kappa shape index (κ1) is 12.2. The second-order valence-corrected chi connectivity index (χ2v) is 4.18. The van der Waals surface area contributed by atoms with Gasteiger partial charge in [0.2, 0.25) is 0 Å². The van der Waals surface area contributed by atoms with E-state index in [1.54, 1.807) is 0 Å². The molecular formula is C10H14N2O5. The molecule has 1 fully saturated rings. The quantitative estimate of drug-likeness (QED) is 0.567. The van der Waals surface area contributed by atoms with Crippen LogP contribution in [-0.2, 0) is 4.74 Å². The van der Waals surface area contributed by atoms with Crippen molar-refractivity contribution in [2.45, 2.75) is 31.0 Å². The highest BCUT2D eigenvalue weighted by Gasteiger charge is 2.52. The van der Waals surface area contributed by atoms with Crippen LogP contribution in [0.25, 0.3) is 0 Å². The van der Waals surface area contributed by atoms with Gasteiger partial charge in [-0.2, -0.15) is 0 Å². The molecule has 4 atom stereocenters. The van der Waals surface area contributed by atoms with E-state index in [1.807, 2.05) is 0 Å². The lowest BCUT2D eigenvalue weighted by Gasteiger charge is -2.25. The highest BCUT2D eigenvalue weighted by atomic mass is 16.6. The Kier molecular flexibility index (Phi) is 3.00. The first-order chi connectivity index (χ1) is 7.98. The number of hydrogen-bond acceptors (Lipinski definition) is 6. The monoisotopic (exact) mass is 242 g/mol. The van der Waals surface area contributed by atoms with Gasteiger partial charge in [-0.15, -0.1) is 0 Å². The van der Waals surface area contributed by atoms with E-state index in [9.17, 15) is 15.0 Å². The summed E-state index contributed by atoms with van der Waals surface area (Å²) in [7, 11) is 0. The van der Waals surface area contributed by atoms with Crippen molar-refractivity contribution >= 4 is 0 Å². The van der Waals surface area contributed by atoms with Gasteiger partial charge in [0, 0.05) is 12.4 Å². The molecule has 17 heavy (non-hydrogen) atoms. The number of aliphatic hydroxyl groups is 3. The van der Waals surface area contributed by atoms with Gasteiger partial charge >= 0.3 is 5.69 Å². The maximum Gasteiger partial charge on any atom is 0.349 e. The number of ether oxygens (including phenoxy) is 1. The summed E-state index contributed by atoms with van der Waals surface area (Å²) < 4.78 is 6.36. The van der Waals surface area contributed by atoms with Gasteiger partial charge in [-0.25, -0.2) is 9.78 Å². The van der Waals surface area contributed by atoms with Crippen LogP contribution in [-0.4, -0.2) is 49.3 Å². The Balaban J connectivity index is 2.37. The first-order valence-corrected chi connectivity index (χ1v) is 5.18. The maximum atomic E-state index is 11.5. The number of nitrogens with zero attached hydrogens (tertiary/aromatic N) is 2. The van der Waals surface area contributed by atoms with Crippen LogP contribution in [0.15, 0.2) is 23.3 Å². The van der Waals surface area contributed by atoms with Crippen LogP contribution in [0, 0.1) is 0 Å². The molecule has 0 aliphatic carbocycles. The standard InChI is InChI=1S/C10H14N2O5/c1-10(16)6(5-13)17-8(7(10)14)12-4-2-3-11-9(12)15/h2-4,6-8,13-14,16H,5H2,1H3/t6-,7-,8-,10?/m1/s1. The SMILES string of the molecule is CC1(O)[C@H](O)[C@H](n2cccnc2=O)O[C@@H]1CO. The zero-order chi connectivity index (χ0) is 12.6. The molecule has 7 nitrogen and oxygen atoms in total. The number of aliphatic hydroxyl groups excluding tert-OH is 2. The second kappa shape index (κ2) is 4.19. The second-order valence-electron chi connectivity index (χ2n) is 4.18. The lowest BCUT2D eigenvalue weighted by atomic mass is 9.95. The van der Waals surface area contributed by atoms with Crippen molar-refractivity contribution in [2.75, 3.05) is 6.61 Å². The third-order valence-corrected chi connectivity index (χ3v) is 3.00. The Morgan fingerprint density at radius 3 is 2.88 bits per heavy atom. The Morgan fingerprint density at radius 1 is 1.65 bits per heavy atom. The van der Waals surface area contributed by atoms with Gasteiger partial charge in [-0.05, 0) is 13.0 Å². The van der Waals surface area contributed by atoms with Crippen LogP contribution < -0.4 is 5.69 Å². The molecule has 1 aliphatic rings. The predicted molar refractivity (Wildman–Crippen MR) is 56.1 cm³/mol. The third kappa shape index (κ3) is 1.87. The van der Waals surface area contributed by atoms with Gasteiger partial charge in [0.15, 0.2) is 6.23 Å². The van der Waals surface area contributed by atoms with Gasteiger partial charge < -0.3 is 20.1 Å². The minimum absolute atomic E-state index is 0.449. The molecule has 0 radical (unpaired) electrons. The van der Waals surface area contributed by atoms with Crippen molar-refractivity contribution in [3.63, 3.8) is 0 Å². The smallest absolute Gasteiger partial charge is 0.349 e. The molecule has 94 valence electrons. The predicted octanol–water partition coefficient (Wildman–Crippen LogP) is -1.76. The largest absolute Gasteiger partial charge is 0.394 e. The number of aromatic nitrogens is 2. The highest BCUT2D eigenvalue weighted by molar-refractivity contribution is 5.00. The highest BCUT2D eigenvalue weighted by Crippen LogP contribution is 2.35. The van der Waals surface area contributed by atoms with Gasteiger partial charge in [-0.3, -0.25) is 4.57 Å². The van der Waals surface area contributed by atoms with Crippen molar-refractivity contribution in [3.8, 4) is 0 Å². The van der Waals surface area contributed by atoms with Gasteiger partial charge in [0.25, 0.3) is 0 Å². The topological polar surface area (TPSA) is 105 Å². The van der Waals surface area contributed by atoms with E-state index in [0.717, 1.165) is 4.57 Å². The van der Waals surface area contributed by atoms with Gasteiger partial charge in [-0.1, -0.05) is 0 Å². The molecule has 0 aromatic carbocycles. The minimum Gasteiger partial charge on any atom is -0.394 e. The molecule has 0 amide bonds. The Bertz CT molecular complexity index is 458. The summed E-state index contributed by atoms with van der Waals surface area (Å²) in [5.41, 5.74) is -2.21. The number of hydrogen-bond donors (Lipinski definition) is 3. The molecule has 1 unspecified atom stereocenters. The van der Waals surface area contributed by atoms with E-state index in [4.69, 9.17) is 9.84 Å². The average Bonchev–Trinajstić information content (AvgIpc) is 2.52. The third-order valence-electron chi connectivity index (χ3n) is 3.00. The molecule has 1 aromatic heterocycles. The van der Waals surface area contributed by atoms with Crippen LogP contribution in [0.1, 0.15) is 13.2 Å². The summed E-state index contributed by atoms with van der Waals surface area (Å²) in [6.07, 6.45) is -0.597. The fourth-order valence-corrected chi connectivity index (χ4v) is 1.87. The van der Waals surface area contributed by atoms with Crippen molar-refractivity contribution in [3.05, 3.63) is 28.9 Å². The fourth-order valence-electron chi connectivity index (χ4n) is 1.87. The molecule has 0 spiro atoms. The molecule has 1 saturated heterocycles. The molecule has 1 aromatic rings. The summed E-state index contributed by atoms with van der Waals surface area (Å²) in [4.78, 5) is 15.0. The van der Waals surface area contributed by atoms with Crippen molar-refractivity contribution in [1.29, 1.82) is 0 Å². The van der Waals surface area contributed by atoms with E-state index in [2.05, 4.69) is 4.98 Å². The fraction of sp³-hybridized carbons (Fsp3) is 0.600. The van der Waals surface area contributed by atoms with Crippen LogP contribution in [0.3, 0.4) is 0 Å². The van der Waals surface area contributed by atoms with E-state index in [0.29, 0.717) is 0 Å². The Morgan fingerprint density at radius 2 is 2.35 bits per heavy atom. The zero-order valence-electron chi connectivity index (χ0n) is 9.22. The van der Waals surface area contributed by atoms with E-state index >= 15 is 0 Å². The molecule has 0 saturated carbocycles. The summed E-state index contributed by atoms with van der Waals surface area (Å²) in [6.45, 7) is 0.898. The van der Waals surface area contributed by atoms with E-state index in [-0.39, 0.29) is 0 Å². The van der Waals surface area contributed by atoms with Crippen molar-refractivity contribution in [1.82, 2.24) is 9.55 Å². The maximum absolute atomic E-state index is 11.5. The number of rotatable bonds is 2. The molecule has 7 heteroatoms. The summed E-state index contributed by atoms with van der Waals surface area (Å²) >= 11 is 0. The molecule has 0 bridgehead atoms. The van der Waals surface area contributed by atoms with Crippen LogP contribution in [0.4, 0.5) is 0 Å². The summed E-state index contributed by atoms with van der Waals surface area (Å²) in [6, 6.07) is 1.51. The van der Waals surface area contributed by atoms with Crippen molar-refractivity contribution < 1.29 is 20.1 Å². The van der Waals surface area contributed by atoms with Crippen LogP contribution in [0.2, 0.25) is 0 Å². The lowest BCUT2D eigenvalue weighted by molar-refractivity contribution is -0.0807. The molecule has 1 aliphatic heterocycles. The zero-order valence-corrected chi connectivity index (χ0v) is 9.22. The molecule has 2 rings (SSSR count). The normalized spacial score (nSPS) is 37.3. The van der Waals surface area contributed by atoms with Crippen LogP contribution >= 0.6 is 0 Å². The van der Waals surface area contributed by atoms with E-state index in [1.165, 1.54) is 25.4 Å². The van der Waals surface area contributed by atoms with Gasteiger partial charge in [0.05, 0.1) is 6.61 Å². The first-order valence-electron chi connectivity index (χ1n) is 5.18. The van der Waals surface area contributed by atoms with Crippen LogP contribution in [0.5, 0.6) is 0 Å². The van der Waals surface area contributed by atoms with E-state index < -0.39 is 36.3 Å². The molecule has 3 N–H and O–H groups in total.